The standard InChI is InChI=1S/C31H36N10O3/c1-21(18-40-20-35-37-38-40)44-29-14-22(8-9-24(29)15-32)25-16-33-31(34-17-25)36-27-13-23(10-11-28(27)43-4)30(42)41-12-6-5-7-26(41)19-39(2)3/h8-11,13-14,16-17,20-21,26H,5-7,12,18-19H2,1-4H3,(H,33,34,36)/t21-,26?/m0/s1. The lowest BCUT2D eigenvalue weighted by molar-refractivity contribution is 0.0574. The van der Waals surface area contributed by atoms with Crippen molar-refractivity contribution in [3.63, 3.8) is 0 Å². The minimum atomic E-state index is -0.282. The van der Waals surface area contributed by atoms with Crippen LogP contribution in [0.2, 0.25) is 0 Å². The van der Waals surface area contributed by atoms with Gasteiger partial charge in [-0.3, -0.25) is 4.79 Å². The van der Waals surface area contributed by atoms with E-state index in [1.165, 1.54) is 6.33 Å². The van der Waals surface area contributed by atoms with Gasteiger partial charge in [-0.2, -0.15) is 5.26 Å². The number of tetrazole rings is 1. The van der Waals surface area contributed by atoms with Gasteiger partial charge in [0, 0.05) is 42.7 Å². The first-order valence-electron chi connectivity index (χ1n) is 14.5. The van der Waals surface area contributed by atoms with Crippen LogP contribution in [-0.4, -0.2) is 92.3 Å². The lowest BCUT2D eigenvalue weighted by Gasteiger charge is -2.37. The molecule has 1 amide bonds. The normalized spacial score (nSPS) is 15.5. The van der Waals surface area contributed by atoms with E-state index in [4.69, 9.17) is 9.47 Å². The zero-order valence-electron chi connectivity index (χ0n) is 25.3. The lowest BCUT2D eigenvalue weighted by atomic mass is 10.00. The molecule has 44 heavy (non-hydrogen) atoms. The zero-order valence-corrected chi connectivity index (χ0v) is 25.3. The van der Waals surface area contributed by atoms with E-state index in [0.717, 1.165) is 43.5 Å². The average Bonchev–Trinajstić information content (AvgIpc) is 3.54. The van der Waals surface area contributed by atoms with E-state index in [0.29, 0.717) is 40.8 Å². The van der Waals surface area contributed by atoms with Crippen molar-refractivity contribution >= 4 is 17.5 Å². The number of hydrogen-bond donors (Lipinski definition) is 1. The van der Waals surface area contributed by atoms with Crippen molar-refractivity contribution in [3.05, 3.63) is 66.2 Å². The maximum absolute atomic E-state index is 13.6. The number of likely N-dealkylation sites (tertiary alicyclic amines) is 1. The highest BCUT2D eigenvalue weighted by Gasteiger charge is 2.28. The third-order valence-corrected chi connectivity index (χ3v) is 7.41. The molecular weight excluding hydrogens is 560 g/mol. The molecule has 1 unspecified atom stereocenters. The summed E-state index contributed by atoms with van der Waals surface area (Å²) in [5, 5.41) is 23.9. The molecule has 5 rings (SSSR count). The summed E-state index contributed by atoms with van der Waals surface area (Å²) < 4.78 is 13.2. The first-order valence-corrected chi connectivity index (χ1v) is 14.5. The fraction of sp³-hybridized carbons (Fsp3) is 0.387. The molecule has 13 nitrogen and oxygen atoms in total. The predicted molar refractivity (Wildman–Crippen MR) is 164 cm³/mol. The van der Waals surface area contributed by atoms with E-state index < -0.39 is 0 Å². The van der Waals surface area contributed by atoms with Gasteiger partial charge in [0.2, 0.25) is 5.95 Å². The maximum Gasteiger partial charge on any atom is 0.254 e. The number of nitrogens with one attached hydrogen (secondary N) is 1. The molecule has 3 heterocycles. The van der Waals surface area contributed by atoms with Crippen molar-refractivity contribution in [1.82, 2.24) is 40.0 Å². The molecule has 1 N–H and O–H groups in total. The number of aromatic nitrogens is 6. The predicted octanol–water partition coefficient (Wildman–Crippen LogP) is 3.78. The Morgan fingerprint density at radius 1 is 1.14 bits per heavy atom. The fourth-order valence-electron chi connectivity index (χ4n) is 5.32. The molecule has 2 aromatic carbocycles. The second kappa shape index (κ2) is 13.9. The number of rotatable bonds is 11. The van der Waals surface area contributed by atoms with Crippen molar-refractivity contribution in [2.75, 3.05) is 39.6 Å². The Kier molecular flexibility index (Phi) is 9.61. The number of likely N-dealkylation sites (N-methyl/N-ethyl adjacent to an activating group) is 1. The maximum atomic E-state index is 13.6. The highest BCUT2D eigenvalue weighted by Crippen LogP contribution is 2.31. The number of benzene rings is 2. The van der Waals surface area contributed by atoms with Crippen molar-refractivity contribution < 1.29 is 14.3 Å². The Bertz CT molecular complexity index is 1600. The Hall–Kier alpha value is -5.09. The highest BCUT2D eigenvalue weighted by molar-refractivity contribution is 5.96. The van der Waals surface area contributed by atoms with Gasteiger partial charge in [0.25, 0.3) is 5.91 Å². The first-order chi connectivity index (χ1) is 21.3. The van der Waals surface area contributed by atoms with Crippen LogP contribution in [0.3, 0.4) is 0 Å². The quantitative estimate of drug-likeness (QED) is 0.270. The van der Waals surface area contributed by atoms with Crippen molar-refractivity contribution in [3.8, 4) is 28.7 Å². The number of nitriles is 1. The Balaban J connectivity index is 1.32. The molecule has 13 heteroatoms. The molecule has 0 saturated carbocycles. The van der Waals surface area contributed by atoms with Crippen LogP contribution >= 0.6 is 0 Å². The summed E-state index contributed by atoms with van der Waals surface area (Å²) in [6, 6.07) is 13.1. The molecule has 1 fully saturated rings. The molecule has 0 spiro atoms. The van der Waals surface area contributed by atoms with Crippen LogP contribution < -0.4 is 14.8 Å². The molecule has 1 aliphatic heterocycles. The molecule has 2 aromatic heterocycles. The number of piperidine rings is 1. The summed E-state index contributed by atoms with van der Waals surface area (Å²) in [5.74, 6) is 1.37. The monoisotopic (exact) mass is 596 g/mol. The molecule has 228 valence electrons. The number of nitrogens with zero attached hydrogens (tertiary/aromatic N) is 9. The SMILES string of the molecule is COc1ccc(C(=O)N2CCCCC2CN(C)C)cc1Nc1ncc(-c2ccc(C#N)c(O[C@@H](C)Cn3cnnn3)c2)cn1. The van der Waals surface area contributed by atoms with Gasteiger partial charge in [-0.05, 0) is 86.6 Å². The lowest BCUT2D eigenvalue weighted by Crippen LogP contribution is -2.48. The van der Waals surface area contributed by atoms with Gasteiger partial charge < -0.3 is 24.6 Å². The van der Waals surface area contributed by atoms with Crippen LogP contribution in [0.1, 0.15) is 42.1 Å². The Morgan fingerprint density at radius 2 is 1.95 bits per heavy atom. The molecule has 0 aliphatic carbocycles. The number of hydrogen-bond acceptors (Lipinski definition) is 11. The Morgan fingerprint density at radius 3 is 2.66 bits per heavy atom. The largest absolute Gasteiger partial charge is 0.495 e. The van der Waals surface area contributed by atoms with Crippen LogP contribution in [0.15, 0.2) is 55.1 Å². The van der Waals surface area contributed by atoms with Crippen LogP contribution in [0, 0.1) is 11.3 Å². The first kappa shape index (κ1) is 30.4. The molecule has 1 saturated heterocycles. The third kappa shape index (κ3) is 7.27. The van der Waals surface area contributed by atoms with Crippen molar-refractivity contribution in [2.24, 2.45) is 0 Å². The van der Waals surface area contributed by atoms with Crippen LogP contribution in [0.4, 0.5) is 11.6 Å². The van der Waals surface area contributed by atoms with Gasteiger partial charge in [0.15, 0.2) is 0 Å². The number of methoxy groups -OCH3 is 1. The fourth-order valence-corrected chi connectivity index (χ4v) is 5.32. The number of anilines is 2. The van der Waals surface area contributed by atoms with Gasteiger partial charge in [0.1, 0.15) is 30.0 Å². The molecule has 4 aromatic rings. The molecular formula is C31H36N10O3. The zero-order chi connectivity index (χ0) is 31.1. The van der Waals surface area contributed by atoms with Gasteiger partial charge in [-0.25, -0.2) is 14.6 Å². The van der Waals surface area contributed by atoms with E-state index in [2.05, 4.69) is 41.8 Å². The molecule has 2 atom stereocenters. The minimum absolute atomic E-state index is 0.00429. The highest BCUT2D eigenvalue weighted by atomic mass is 16.5. The Labute approximate surface area is 256 Å². The van der Waals surface area contributed by atoms with Crippen molar-refractivity contribution in [1.29, 1.82) is 5.26 Å². The summed E-state index contributed by atoms with van der Waals surface area (Å²) in [6.45, 7) is 3.89. The summed E-state index contributed by atoms with van der Waals surface area (Å²) in [7, 11) is 5.65. The van der Waals surface area contributed by atoms with Crippen LogP contribution in [0.25, 0.3) is 11.1 Å². The molecule has 0 bridgehead atoms. The van der Waals surface area contributed by atoms with Gasteiger partial charge in [-0.15, -0.1) is 5.10 Å². The summed E-state index contributed by atoms with van der Waals surface area (Å²) in [4.78, 5) is 26.7. The van der Waals surface area contributed by atoms with Crippen molar-refractivity contribution in [2.45, 2.75) is 44.9 Å². The van der Waals surface area contributed by atoms with E-state index in [-0.39, 0.29) is 18.1 Å². The topological polar surface area (TPSA) is 147 Å². The summed E-state index contributed by atoms with van der Waals surface area (Å²) >= 11 is 0. The second-order valence-corrected chi connectivity index (χ2v) is 11.0. The van der Waals surface area contributed by atoms with Gasteiger partial charge >= 0.3 is 0 Å². The molecule has 1 aliphatic rings. The second-order valence-electron chi connectivity index (χ2n) is 11.0. The average molecular weight is 597 g/mol. The number of ether oxygens (including phenoxy) is 2. The smallest absolute Gasteiger partial charge is 0.254 e. The van der Waals surface area contributed by atoms with E-state index in [1.807, 2.05) is 32.0 Å². The number of carbonyl (C=O) groups is 1. The van der Waals surface area contributed by atoms with E-state index >= 15 is 0 Å². The number of amides is 1. The van der Waals surface area contributed by atoms with Gasteiger partial charge in [-0.1, -0.05) is 6.07 Å². The van der Waals surface area contributed by atoms with E-state index in [9.17, 15) is 10.1 Å². The number of carbonyl (C=O) groups excluding carboxylic acids is 1. The van der Waals surface area contributed by atoms with Crippen LogP contribution in [0.5, 0.6) is 11.5 Å². The minimum Gasteiger partial charge on any atom is -0.495 e. The summed E-state index contributed by atoms with van der Waals surface area (Å²) in [6.07, 6.45) is 7.73. The summed E-state index contributed by atoms with van der Waals surface area (Å²) in [5.41, 5.74) is 3.12. The van der Waals surface area contributed by atoms with E-state index in [1.54, 1.807) is 54.5 Å². The third-order valence-electron chi connectivity index (χ3n) is 7.41. The van der Waals surface area contributed by atoms with Crippen LogP contribution in [-0.2, 0) is 6.54 Å². The molecule has 0 radical (unpaired) electrons. The van der Waals surface area contributed by atoms with Gasteiger partial charge in [0.05, 0.1) is 24.9 Å².